The van der Waals surface area contributed by atoms with E-state index in [2.05, 4.69) is 21.6 Å². The third-order valence-electron chi connectivity index (χ3n) is 6.37. The predicted octanol–water partition coefficient (Wildman–Crippen LogP) is 2.90. The number of benzene rings is 2. The molecule has 194 valence electrons. The highest BCUT2D eigenvalue weighted by Gasteiger charge is 2.41. The number of fused-ring (bicyclic) bond motifs is 2. The number of anilines is 1. The Kier molecular flexibility index (Phi) is 7.89. The molecule has 2 aliphatic heterocycles. The molecule has 36 heavy (non-hydrogen) atoms. The zero-order valence-corrected chi connectivity index (χ0v) is 22.0. The summed E-state index contributed by atoms with van der Waals surface area (Å²) in [5, 5.41) is 0.252. The lowest BCUT2D eigenvalue weighted by Gasteiger charge is -2.52. The van der Waals surface area contributed by atoms with Crippen molar-refractivity contribution in [2.24, 2.45) is 0 Å². The van der Waals surface area contributed by atoms with E-state index in [0.29, 0.717) is 30.9 Å². The van der Waals surface area contributed by atoms with E-state index in [1.54, 1.807) is 24.3 Å². The summed E-state index contributed by atoms with van der Waals surface area (Å²) >= 11 is 6.19. The quantitative estimate of drug-likeness (QED) is 0.548. The maximum atomic E-state index is 13.4. The number of hydrogen-bond acceptors (Lipinski definition) is 6. The van der Waals surface area contributed by atoms with Crippen LogP contribution in [0.25, 0.3) is 6.08 Å². The fraction of sp³-hybridized carbons (Fsp3) is 0.400. The number of likely N-dealkylation sites (N-methyl/N-ethyl adjacent to an activating group) is 1. The molecule has 11 heteroatoms. The average molecular weight is 537 g/mol. The van der Waals surface area contributed by atoms with E-state index in [9.17, 15) is 17.6 Å². The molecule has 1 N–H and O–H groups in total. The van der Waals surface area contributed by atoms with E-state index in [4.69, 9.17) is 16.3 Å². The SMILES string of the molecule is COc1cc(C=CC(=O)N2C3CN(C)CC2CN(Cc2ccc(F)cc2)C3)c(NS(C)(=O)=O)cc1Cl. The van der Waals surface area contributed by atoms with Crippen molar-refractivity contribution in [3.8, 4) is 5.75 Å². The number of carbonyl (C=O) groups excluding carboxylic acids is 1. The van der Waals surface area contributed by atoms with Gasteiger partial charge in [0.2, 0.25) is 15.9 Å². The number of hydrogen-bond donors (Lipinski definition) is 1. The maximum Gasteiger partial charge on any atom is 0.247 e. The first kappa shape index (κ1) is 26.4. The highest BCUT2D eigenvalue weighted by molar-refractivity contribution is 7.92. The van der Waals surface area contributed by atoms with Crippen molar-refractivity contribution in [3.05, 3.63) is 64.4 Å². The summed E-state index contributed by atoms with van der Waals surface area (Å²) in [4.78, 5) is 19.8. The average Bonchev–Trinajstić information content (AvgIpc) is 2.78. The fourth-order valence-corrected chi connectivity index (χ4v) is 5.78. The van der Waals surface area contributed by atoms with Gasteiger partial charge in [-0.1, -0.05) is 23.7 Å². The van der Waals surface area contributed by atoms with Crippen molar-refractivity contribution in [1.82, 2.24) is 14.7 Å². The third-order valence-corrected chi connectivity index (χ3v) is 7.25. The number of nitrogens with one attached hydrogen (secondary N) is 1. The second-order valence-electron chi connectivity index (χ2n) is 9.38. The monoisotopic (exact) mass is 536 g/mol. The molecule has 2 aliphatic rings. The summed E-state index contributed by atoms with van der Waals surface area (Å²) in [5.41, 5.74) is 1.76. The molecular weight excluding hydrogens is 507 g/mol. The Balaban J connectivity index is 1.53. The molecule has 1 amide bonds. The lowest BCUT2D eigenvalue weighted by molar-refractivity contribution is -0.140. The standard InChI is InChI=1S/C25H30ClFN4O4S/c1-29-13-20-15-30(12-17-4-7-19(27)8-5-17)16-21(14-29)31(20)25(32)9-6-18-10-24(35-2)22(26)11-23(18)28-36(3,33)34/h4-11,20-21,28H,12-16H2,1-3H3. The van der Waals surface area contributed by atoms with E-state index >= 15 is 0 Å². The molecule has 2 saturated heterocycles. The van der Waals surface area contributed by atoms with Crippen molar-refractivity contribution in [1.29, 1.82) is 0 Å². The minimum Gasteiger partial charge on any atom is -0.495 e. The van der Waals surface area contributed by atoms with Crippen LogP contribution in [0.4, 0.5) is 10.1 Å². The first-order valence-electron chi connectivity index (χ1n) is 11.5. The van der Waals surface area contributed by atoms with Crippen LogP contribution in [0.1, 0.15) is 11.1 Å². The minimum absolute atomic E-state index is 0.00605. The predicted molar refractivity (Wildman–Crippen MR) is 139 cm³/mol. The number of sulfonamides is 1. The molecule has 0 radical (unpaired) electrons. The van der Waals surface area contributed by atoms with Crippen molar-refractivity contribution in [3.63, 3.8) is 0 Å². The van der Waals surface area contributed by atoms with Crippen LogP contribution in [0.5, 0.6) is 5.75 Å². The van der Waals surface area contributed by atoms with E-state index in [0.717, 1.165) is 24.9 Å². The summed E-state index contributed by atoms with van der Waals surface area (Å²) in [6.07, 6.45) is 4.10. The summed E-state index contributed by atoms with van der Waals surface area (Å²) in [6.45, 7) is 3.58. The van der Waals surface area contributed by atoms with Crippen molar-refractivity contribution >= 4 is 39.3 Å². The summed E-state index contributed by atoms with van der Waals surface area (Å²) in [6, 6.07) is 9.56. The van der Waals surface area contributed by atoms with Gasteiger partial charge >= 0.3 is 0 Å². The van der Waals surface area contributed by atoms with Gasteiger partial charge in [0.15, 0.2) is 0 Å². The normalized spacial score (nSPS) is 21.1. The molecule has 0 saturated carbocycles. The van der Waals surface area contributed by atoms with Gasteiger partial charge in [0.25, 0.3) is 0 Å². The summed E-state index contributed by atoms with van der Waals surface area (Å²) < 4.78 is 44.7. The minimum atomic E-state index is -3.56. The lowest BCUT2D eigenvalue weighted by atomic mass is 9.99. The molecule has 2 bridgehead atoms. The second-order valence-corrected chi connectivity index (χ2v) is 11.5. The van der Waals surface area contributed by atoms with Crippen LogP contribution in [0, 0.1) is 5.82 Å². The molecule has 2 heterocycles. The van der Waals surface area contributed by atoms with Gasteiger partial charge in [-0.15, -0.1) is 0 Å². The summed E-state index contributed by atoms with van der Waals surface area (Å²) in [7, 11) is -0.0416. The lowest BCUT2D eigenvalue weighted by Crippen LogP contribution is -2.68. The van der Waals surface area contributed by atoms with Gasteiger partial charge in [0.1, 0.15) is 11.6 Å². The number of piperazine rings is 2. The van der Waals surface area contributed by atoms with Crippen LogP contribution < -0.4 is 9.46 Å². The number of methoxy groups -OCH3 is 1. The number of ether oxygens (including phenoxy) is 1. The fourth-order valence-electron chi connectivity index (χ4n) is 4.97. The Labute approximate surface area is 216 Å². The zero-order chi connectivity index (χ0) is 26.0. The van der Waals surface area contributed by atoms with E-state index in [-0.39, 0.29) is 34.5 Å². The van der Waals surface area contributed by atoms with Crippen LogP contribution >= 0.6 is 11.6 Å². The number of amides is 1. The first-order valence-corrected chi connectivity index (χ1v) is 13.8. The molecule has 2 fully saturated rings. The van der Waals surface area contributed by atoms with Gasteiger partial charge in [-0.05, 0) is 43.0 Å². The molecule has 0 aliphatic carbocycles. The highest BCUT2D eigenvalue weighted by atomic mass is 35.5. The largest absolute Gasteiger partial charge is 0.495 e. The molecule has 0 aromatic heterocycles. The van der Waals surface area contributed by atoms with Crippen LogP contribution in [-0.4, -0.2) is 87.7 Å². The molecule has 2 aromatic carbocycles. The molecular formula is C25H30ClFN4O4S. The Morgan fingerprint density at radius 3 is 2.39 bits per heavy atom. The smallest absolute Gasteiger partial charge is 0.247 e. The number of carbonyl (C=O) groups is 1. The third kappa shape index (κ3) is 6.36. The Bertz CT molecular complexity index is 1240. The van der Waals surface area contributed by atoms with Gasteiger partial charge in [-0.2, -0.15) is 0 Å². The van der Waals surface area contributed by atoms with Gasteiger partial charge in [-0.3, -0.25) is 14.4 Å². The van der Waals surface area contributed by atoms with Crippen LogP contribution in [0.3, 0.4) is 0 Å². The van der Waals surface area contributed by atoms with Gasteiger partial charge < -0.3 is 14.5 Å². The second kappa shape index (κ2) is 10.8. The zero-order valence-electron chi connectivity index (χ0n) is 20.4. The topological polar surface area (TPSA) is 82.2 Å². The Morgan fingerprint density at radius 2 is 1.81 bits per heavy atom. The summed E-state index contributed by atoms with van der Waals surface area (Å²) in [5.74, 6) is -0.0258. The molecule has 2 aromatic rings. The molecule has 2 unspecified atom stereocenters. The van der Waals surface area contributed by atoms with Crippen LogP contribution in [0.15, 0.2) is 42.5 Å². The van der Waals surface area contributed by atoms with Gasteiger partial charge in [0, 0.05) is 44.4 Å². The number of nitrogens with zero attached hydrogens (tertiary/aromatic N) is 3. The van der Waals surface area contributed by atoms with Crippen LogP contribution in [0.2, 0.25) is 5.02 Å². The van der Waals surface area contributed by atoms with Gasteiger partial charge in [-0.25, -0.2) is 12.8 Å². The molecule has 0 spiro atoms. The van der Waals surface area contributed by atoms with E-state index in [1.165, 1.54) is 31.4 Å². The molecule has 8 nitrogen and oxygen atoms in total. The number of halogens is 2. The first-order chi connectivity index (χ1) is 17.0. The highest BCUT2D eigenvalue weighted by Crippen LogP contribution is 2.33. The van der Waals surface area contributed by atoms with Crippen LogP contribution in [-0.2, 0) is 21.4 Å². The maximum absolute atomic E-state index is 13.4. The van der Waals surface area contributed by atoms with Crippen molar-refractivity contribution in [2.75, 3.05) is 51.3 Å². The number of rotatable bonds is 7. The Morgan fingerprint density at radius 1 is 1.17 bits per heavy atom. The van der Waals surface area contributed by atoms with E-state index < -0.39 is 10.0 Å². The molecule has 4 rings (SSSR count). The van der Waals surface area contributed by atoms with E-state index in [1.807, 2.05) is 4.90 Å². The molecule has 2 atom stereocenters. The van der Waals surface area contributed by atoms with Crippen molar-refractivity contribution in [2.45, 2.75) is 18.6 Å². The Hall–Kier alpha value is -2.66. The van der Waals surface area contributed by atoms with Gasteiger partial charge in [0.05, 0.1) is 36.2 Å². The van der Waals surface area contributed by atoms with Crippen molar-refractivity contribution < 1.29 is 22.3 Å².